The van der Waals surface area contributed by atoms with Crippen molar-refractivity contribution in [3.63, 3.8) is 0 Å². The molecule has 1 atom stereocenters. The van der Waals surface area contributed by atoms with Gasteiger partial charge in [0.15, 0.2) is 5.75 Å². The van der Waals surface area contributed by atoms with Gasteiger partial charge in [-0.15, -0.1) is 0 Å². The fourth-order valence-corrected chi connectivity index (χ4v) is 4.83. The molecular formula is C29H31N3O3. The Bertz CT molecular complexity index is 1250. The zero-order valence-electron chi connectivity index (χ0n) is 20.5. The topological polar surface area (TPSA) is 54.4 Å². The molecule has 6 heteroatoms. The molecule has 0 aromatic heterocycles. The van der Waals surface area contributed by atoms with Crippen molar-refractivity contribution in [1.29, 1.82) is 0 Å². The van der Waals surface area contributed by atoms with Crippen LogP contribution in [0.5, 0.6) is 17.2 Å². The van der Waals surface area contributed by atoms with Crippen molar-refractivity contribution in [1.82, 2.24) is 9.80 Å². The van der Waals surface area contributed by atoms with E-state index in [0.717, 1.165) is 51.9 Å². The van der Waals surface area contributed by atoms with Gasteiger partial charge in [0, 0.05) is 26.2 Å². The summed E-state index contributed by atoms with van der Waals surface area (Å²) in [5, 5.41) is 0. The quantitative estimate of drug-likeness (QED) is 0.505. The van der Waals surface area contributed by atoms with Crippen molar-refractivity contribution < 1.29 is 14.3 Å². The van der Waals surface area contributed by atoms with E-state index in [9.17, 15) is 4.79 Å². The third-order valence-electron chi connectivity index (χ3n) is 6.79. The van der Waals surface area contributed by atoms with Gasteiger partial charge in [-0.1, -0.05) is 43.3 Å². The van der Waals surface area contributed by atoms with E-state index in [1.54, 1.807) is 7.11 Å². The molecule has 1 amide bonds. The highest BCUT2D eigenvalue weighted by Gasteiger charge is 2.30. The van der Waals surface area contributed by atoms with Crippen LogP contribution in [0.2, 0.25) is 0 Å². The van der Waals surface area contributed by atoms with Crippen LogP contribution in [0.25, 0.3) is 0 Å². The summed E-state index contributed by atoms with van der Waals surface area (Å²) in [7, 11) is 1.66. The summed E-state index contributed by atoms with van der Waals surface area (Å²) in [6.07, 6.45) is 0.788. The number of carbonyl (C=O) groups excluding carboxylic acids is 1. The van der Waals surface area contributed by atoms with Gasteiger partial charge < -0.3 is 19.3 Å². The minimum Gasteiger partial charge on any atom is -0.497 e. The van der Waals surface area contributed by atoms with Gasteiger partial charge in [0.25, 0.3) is 0 Å². The minimum atomic E-state index is -0.105. The van der Waals surface area contributed by atoms with Gasteiger partial charge in [0.1, 0.15) is 23.0 Å². The molecule has 6 nitrogen and oxygen atoms in total. The highest BCUT2D eigenvalue weighted by Crippen LogP contribution is 2.40. The summed E-state index contributed by atoms with van der Waals surface area (Å²) in [5.74, 6) is 3.20. The maximum atomic E-state index is 13.4. The van der Waals surface area contributed by atoms with Crippen LogP contribution in [0.15, 0.2) is 71.7 Å². The Balaban J connectivity index is 1.41. The standard InChI is InChI=1S/C29H31N3O3/c1-4-23(21-8-6-5-7-9-21)29(33)32-16-14-31(15-17-32)28-24-19-22(34-3)11-13-26(24)35-27-18-20(2)10-12-25(27)30-28/h5-13,18-19,23H,4,14-17H2,1-3H3/t23-/m0/s1. The first-order valence-electron chi connectivity index (χ1n) is 12.2. The predicted octanol–water partition coefficient (Wildman–Crippen LogP) is 5.53. The van der Waals surface area contributed by atoms with E-state index in [1.165, 1.54) is 0 Å². The molecule has 2 heterocycles. The van der Waals surface area contributed by atoms with Crippen molar-refractivity contribution in [2.75, 3.05) is 33.3 Å². The van der Waals surface area contributed by atoms with E-state index >= 15 is 0 Å². The summed E-state index contributed by atoms with van der Waals surface area (Å²) >= 11 is 0. The Morgan fingerprint density at radius 2 is 1.77 bits per heavy atom. The molecule has 0 aliphatic carbocycles. The molecule has 3 aromatic rings. The first-order valence-corrected chi connectivity index (χ1v) is 12.2. The van der Waals surface area contributed by atoms with Crippen molar-refractivity contribution in [3.05, 3.63) is 83.4 Å². The maximum absolute atomic E-state index is 13.4. The molecule has 3 aromatic carbocycles. The number of aryl methyl sites for hydroxylation is 1. The number of ether oxygens (including phenoxy) is 2. The first-order chi connectivity index (χ1) is 17.1. The number of amides is 1. The first kappa shape index (κ1) is 23.0. The van der Waals surface area contributed by atoms with Crippen LogP contribution in [0, 0.1) is 6.92 Å². The lowest BCUT2D eigenvalue weighted by Crippen LogP contribution is -2.51. The number of nitrogens with zero attached hydrogens (tertiary/aromatic N) is 3. The average molecular weight is 470 g/mol. The molecule has 2 aliphatic rings. The molecule has 0 radical (unpaired) electrons. The van der Waals surface area contributed by atoms with Crippen molar-refractivity contribution >= 4 is 17.4 Å². The van der Waals surface area contributed by atoms with Crippen molar-refractivity contribution in [2.45, 2.75) is 26.2 Å². The van der Waals surface area contributed by atoms with Crippen molar-refractivity contribution in [3.8, 4) is 17.2 Å². The number of methoxy groups -OCH3 is 1. The average Bonchev–Trinajstić information content (AvgIpc) is 3.05. The molecule has 180 valence electrons. The SMILES string of the molecule is CC[C@H](C(=O)N1CCN(C2=Nc3ccc(C)cc3Oc3ccc(OC)cc32)CC1)c1ccccc1. The summed E-state index contributed by atoms with van der Waals surface area (Å²) < 4.78 is 11.8. The second kappa shape index (κ2) is 9.82. The maximum Gasteiger partial charge on any atom is 0.230 e. The Labute approximate surface area is 206 Å². The van der Waals surface area contributed by atoms with E-state index in [2.05, 4.69) is 11.8 Å². The van der Waals surface area contributed by atoms with E-state index in [0.29, 0.717) is 26.2 Å². The minimum absolute atomic E-state index is 0.105. The second-order valence-corrected chi connectivity index (χ2v) is 9.05. The number of rotatable bonds is 4. The normalized spacial score (nSPS) is 15.8. The third-order valence-corrected chi connectivity index (χ3v) is 6.79. The lowest BCUT2D eigenvalue weighted by Gasteiger charge is -2.38. The highest BCUT2D eigenvalue weighted by molar-refractivity contribution is 6.04. The lowest BCUT2D eigenvalue weighted by atomic mass is 9.94. The van der Waals surface area contributed by atoms with E-state index in [-0.39, 0.29) is 11.8 Å². The summed E-state index contributed by atoms with van der Waals surface area (Å²) in [4.78, 5) is 22.7. The summed E-state index contributed by atoms with van der Waals surface area (Å²) in [6, 6.07) is 22.0. The number of hydrogen-bond acceptors (Lipinski definition) is 5. The van der Waals surface area contributed by atoms with Crippen LogP contribution >= 0.6 is 0 Å². The van der Waals surface area contributed by atoms with Gasteiger partial charge in [0.2, 0.25) is 5.91 Å². The van der Waals surface area contributed by atoms with Gasteiger partial charge in [-0.2, -0.15) is 0 Å². The third kappa shape index (κ3) is 4.61. The lowest BCUT2D eigenvalue weighted by molar-refractivity contribution is -0.134. The number of hydrogen-bond donors (Lipinski definition) is 0. The number of fused-ring (bicyclic) bond motifs is 2. The molecule has 0 saturated carbocycles. The van der Waals surface area contributed by atoms with Gasteiger partial charge >= 0.3 is 0 Å². The van der Waals surface area contributed by atoms with Gasteiger partial charge in [-0.25, -0.2) is 4.99 Å². The zero-order chi connectivity index (χ0) is 24.4. The van der Waals surface area contributed by atoms with E-state index in [1.807, 2.05) is 78.6 Å². The Morgan fingerprint density at radius 3 is 2.49 bits per heavy atom. The molecule has 1 fully saturated rings. The Hall–Kier alpha value is -3.80. The molecule has 0 unspecified atom stereocenters. The Morgan fingerprint density at radius 1 is 1.00 bits per heavy atom. The summed E-state index contributed by atoms with van der Waals surface area (Å²) in [6.45, 7) is 6.84. The van der Waals surface area contributed by atoms with Crippen LogP contribution in [0.4, 0.5) is 5.69 Å². The molecule has 2 aliphatic heterocycles. The molecule has 0 bridgehead atoms. The summed E-state index contributed by atoms with van der Waals surface area (Å²) in [5.41, 5.74) is 3.90. The molecule has 1 saturated heterocycles. The van der Waals surface area contributed by atoms with Crippen molar-refractivity contribution in [2.24, 2.45) is 4.99 Å². The van der Waals surface area contributed by atoms with Crippen LogP contribution in [0.1, 0.15) is 36.0 Å². The second-order valence-electron chi connectivity index (χ2n) is 9.05. The highest BCUT2D eigenvalue weighted by atomic mass is 16.5. The number of amidine groups is 1. The number of carbonyl (C=O) groups is 1. The van der Waals surface area contributed by atoms with Crippen LogP contribution in [0.3, 0.4) is 0 Å². The smallest absolute Gasteiger partial charge is 0.230 e. The zero-order valence-corrected chi connectivity index (χ0v) is 20.5. The van der Waals surface area contributed by atoms with Crippen LogP contribution < -0.4 is 9.47 Å². The number of aliphatic imine (C=N–C) groups is 1. The predicted molar refractivity (Wildman–Crippen MR) is 138 cm³/mol. The molecule has 0 N–H and O–H groups in total. The van der Waals surface area contributed by atoms with Gasteiger partial charge in [-0.05, 0) is 54.8 Å². The van der Waals surface area contributed by atoms with Gasteiger partial charge in [-0.3, -0.25) is 4.79 Å². The fraction of sp³-hybridized carbons (Fsp3) is 0.310. The van der Waals surface area contributed by atoms with E-state index in [4.69, 9.17) is 14.5 Å². The Kier molecular flexibility index (Phi) is 6.45. The van der Waals surface area contributed by atoms with Gasteiger partial charge in [0.05, 0.1) is 18.6 Å². The fourth-order valence-electron chi connectivity index (χ4n) is 4.83. The molecule has 0 spiro atoms. The monoisotopic (exact) mass is 469 g/mol. The molecule has 35 heavy (non-hydrogen) atoms. The molecule has 5 rings (SSSR count). The van der Waals surface area contributed by atoms with E-state index < -0.39 is 0 Å². The largest absolute Gasteiger partial charge is 0.497 e. The number of benzene rings is 3. The van der Waals surface area contributed by atoms with Crippen LogP contribution in [-0.2, 0) is 4.79 Å². The molecular weight excluding hydrogens is 438 g/mol. The number of piperazine rings is 1. The van der Waals surface area contributed by atoms with Crippen LogP contribution in [-0.4, -0.2) is 54.8 Å².